The predicted molar refractivity (Wildman–Crippen MR) is 114 cm³/mol. The molecule has 1 fully saturated rings. The number of nitrogens with two attached hydrogens (primary N) is 1. The molecule has 0 amide bonds. The molecule has 0 aliphatic heterocycles. The summed E-state index contributed by atoms with van der Waals surface area (Å²) in [6.07, 6.45) is 13.9. The first-order valence-electron chi connectivity index (χ1n) is 11.2. The van der Waals surface area contributed by atoms with Gasteiger partial charge in [0.15, 0.2) is 5.78 Å². The van der Waals surface area contributed by atoms with Gasteiger partial charge in [-0.1, -0.05) is 85.5 Å². The Morgan fingerprint density at radius 2 is 1.69 bits per heavy atom. The topological polar surface area (TPSA) is 55.4 Å². The van der Waals surface area contributed by atoms with E-state index in [0.717, 1.165) is 19.3 Å². The van der Waals surface area contributed by atoms with Crippen molar-refractivity contribution < 1.29 is 4.79 Å². The second-order valence-electron chi connectivity index (χ2n) is 8.79. The van der Waals surface area contributed by atoms with Gasteiger partial charge in [0, 0.05) is 5.92 Å². The first-order chi connectivity index (χ1) is 12.4. The van der Waals surface area contributed by atoms with Crippen LogP contribution in [0.1, 0.15) is 112 Å². The fourth-order valence-electron chi connectivity index (χ4n) is 4.62. The molecule has 26 heavy (non-hydrogen) atoms. The van der Waals surface area contributed by atoms with Crippen LogP contribution >= 0.6 is 0 Å². The Morgan fingerprint density at radius 3 is 2.15 bits per heavy atom. The fraction of sp³-hybridized carbons (Fsp3) is 0.913. The van der Waals surface area contributed by atoms with E-state index in [2.05, 4.69) is 27.7 Å². The van der Waals surface area contributed by atoms with E-state index in [1.54, 1.807) is 6.92 Å². The number of Topliss-reactive ketones (excluding diaryl/α,β-unsaturated/α-hetero) is 1. The molecule has 0 aromatic carbocycles. The van der Waals surface area contributed by atoms with Crippen LogP contribution in [0.4, 0.5) is 0 Å². The first kappa shape index (κ1) is 23.2. The van der Waals surface area contributed by atoms with Gasteiger partial charge in [0.1, 0.15) is 5.54 Å². The minimum Gasteiger partial charge on any atom is -0.387 e. The zero-order valence-electron chi connectivity index (χ0n) is 18.2. The summed E-state index contributed by atoms with van der Waals surface area (Å²) in [6, 6.07) is 0. The summed E-state index contributed by atoms with van der Waals surface area (Å²) in [7, 11) is 0. The summed E-state index contributed by atoms with van der Waals surface area (Å²) < 4.78 is 0. The smallest absolute Gasteiger partial charge is 0.157 e. The molecule has 3 heteroatoms. The monoisotopic (exact) mass is 364 g/mol. The molecule has 1 aliphatic carbocycles. The van der Waals surface area contributed by atoms with E-state index in [1.807, 2.05) is 0 Å². The van der Waals surface area contributed by atoms with Crippen LogP contribution in [-0.4, -0.2) is 17.2 Å². The number of rotatable bonds is 12. The maximum absolute atomic E-state index is 13.0. The zero-order valence-corrected chi connectivity index (χ0v) is 18.2. The van der Waals surface area contributed by atoms with Crippen LogP contribution in [0.15, 0.2) is 4.99 Å². The largest absolute Gasteiger partial charge is 0.387 e. The molecule has 0 heterocycles. The third-order valence-corrected chi connectivity index (χ3v) is 6.49. The Labute approximate surface area is 162 Å². The number of nitrogens with zero attached hydrogens (tertiary/aromatic N) is 1. The quantitative estimate of drug-likeness (QED) is 0.326. The number of hydrogen-bond donors (Lipinski definition) is 1. The van der Waals surface area contributed by atoms with E-state index in [4.69, 9.17) is 10.7 Å². The molecule has 1 saturated carbocycles. The van der Waals surface area contributed by atoms with Crippen molar-refractivity contribution in [2.75, 3.05) is 0 Å². The molecule has 0 aromatic heterocycles. The van der Waals surface area contributed by atoms with Crippen molar-refractivity contribution >= 4 is 11.6 Å². The van der Waals surface area contributed by atoms with E-state index < -0.39 is 5.54 Å². The lowest BCUT2D eigenvalue weighted by molar-refractivity contribution is -0.123. The highest BCUT2D eigenvalue weighted by Gasteiger charge is 2.40. The predicted octanol–water partition coefficient (Wildman–Crippen LogP) is 6.29. The Hall–Kier alpha value is -0.860. The van der Waals surface area contributed by atoms with Crippen molar-refractivity contribution in [3.8, 4) is 0 Å². The van der Waals surface area contributed by atoms with Gasteiger partial charge in [-0.25, -0.2) is 0 Å². The highest BCUT2D eigenvalue weighted by atomic mass is 16.1. The maximum Gasteiger partial charge on any atom is 0.157 e. The van der Waals surface area contributed by atoms with Gasteiger partial charge in [0.05, 0.1) is 5.84 Å². The van der Waals surface area contributed by atoms with Crippen LogP contribution in [0, 0.1) is 17.8 Å². The molecular formula is C23H44N2O. The number of aliphatic imine (C=N–C) groups is 1. The summed E-state index contributed by atoms with van der Waals surface area (Å²) in [4.78, 5) is 18.0. The van der Waals surface area contributed by atoms with Crippen LogP contribution in [0.25, 0.3) is 0 Å². The molecule has 0 radical (unpaired) electrons. The second kappa shape index (κ2) is 11.8. The lowest BCUT2D eigenvalue weighted by atomic mass is 9.72. The molecule has 0 spiro atoms. The number of hydrogen-bond acceptors (Lipinski definition) is 2. The average Bonchev–Trinajstić information content (AvgIpc) is 2.61. The van der Waals surface area contributed by atoms with E-state index in [-0.39, 0.29) is 11.7 Å². The normalized spacial score (nSPS) is 20.2. The van der Waals surface area contributed by atoms with Crippen LogP contribution in [0.5, 0.6) is 0 Å². The van der Waals surface area contributed by atoms with E-state index in [9.17, 15) is 4.79 Å². The summed E-state index contributed by atoms with van der Waals surface area (Å²) >= 11 is 0. The molecule has 2 atom stereocenters. The molecule has 152 valence electrons. The Bertz CT molecular complexity index is 433. The highest BCUT2D eigenvalue weighted by molar-refractivity contribution is 5.91. The van der Waals surface area contributed by atoms with Crippen molar-refractivity contribution in [3.05, 3.63) is 0 Å². The van der Waals surface area contributed by atoms with Crippen LogP contribution in [0.2, 0.25) is 0 Å². The van der Waals surface area contributed by atoms with Gasteiger partial charge in [-0.15, -0.1) is 0 Å². The molecule has 2 N–H and O–H groups in total. The SMILES string of the molecule is CCCC(CCC)CC(CC1CCCCC1)(N=C(N)C(C)CC)C(C)=O. The minimum absolute atomic E-state index is 0.228. The molecular weight excluding hydrogens is 320 g/mol. The second-order valence-corrected chi connectivity index (χ2v) is 8.79. The first-order valence-corrected chi connectivity index (χ1v) is 11.2. The summed E-state index contributed by atoms with van der Waals surface area (Å²) in [5, 5.41) is 0. The zero-order chi connectivity index (χ0) is 19.6. The molecule has 0 bridgehead atoms. The van der Waals surface area contributed by atoms with Crippen molar-refractivity contribution in [1.29, 1.82) is 0 Å². The van der Waals surface area contributed by atoms with Gasteiger partial charge < -0.3 is 5.73 Å². The van der Waals surface area contributed by atoms with E-state index in [0.29, 0.717) is 17.7 Å². The average molecular weight is 365 g/mol. The number of carbonyl (C=O) groups excluding carboxylic acids is 1. The molecule has 1 rings (SSSR count). The summed E-state index contributed by atoms with van der Waals surface area (Å²) in [5.74, 6) is 2.36. The van der Waals surface area contributed by atoms with E-state index in [1.165, 1.54) is 57.8 Å². The highest BCUT2D eigenvalue weighted by Crippen LogP contribution is 2.38. The molecule has 0 saturated heterocycles. The van der Waals surface area contributed by atoms with Gasteiger partial charge in [0.25, 0.3) is 0 Å². The van der Waals surface area contributed by atoms with Gasteiger partial charge >= 0.3 is 0 Å². The number of amidine groups is 1. The Balaban J connectivity index is 3.17. The van der Waals surface area contributed by atoms with Crippen LogP contribution < -0.4 is 5.73 Å². The van der Waals surface area contributed by atoms with Gasteiger partial charge in [-0.2, -0.15) is 0 Å². The minimum atomic E-state index is -0.593. The number of carbonyl (C=O) groups is 1. The molecule has 3 nitrogen and oxygen atoms in total. The fourth-order valence-corrected chi connectivity index (χ4v) is 4.62. The van der Waals surface area contributed by atoms with Gasteiger partial charge in [-0.3, -0.25) is 9.79 Å². The lowest BCUT2D eigenvalue weighted by Gasteiger charge is -2.36. The lowest BCUT2D eigenvalue weighted by Crippen LogP contribution is -2.42. The molecule has 1 aliphatic rings. The van der Waals surface area contributed by atoms with Crippen LogP contribution in [-0.2, 0) is 4.79 Å². The van der Waals surface area contributed by atoms with Crippen molar-refractivity contribution in [3.63, 3.8) is 0 Å². The number of ketones is 1. The van der Waals surface area contributed by atoms with Crippen molar-refractivity contribution in [2.24, 2.45) is 28.5 Å². The molecule has 0 aromatic rings. The Morgan fingerprint density at radius 1 is 1.12 bits per heavy atom. The Kier molecular flexibility index (Phi) is 10.5. The third kappa shape index (κ3) is 7.04. The van der Waals surface area contributed by atoms with Crippen molar-refractivity contribution in [1.82, 2.24) is 0 Å². The standard InChI is InChI=1S/C23H44N2O/c1-6-12-20(13-7-2)16-23(19(5)26,25-22(24)18(4)8-3)17-21-14-10-9-11-15-21/h18,20-21H,6-17H2,1-5H3,(H2,24,25). The molecule has 2 unspecified atom stereocenters. The summed E-state index contributed by atoms with van der Waals surface area (Å²) in [5.41, 5.74) is 5.79. The summed E-state index contributed by atoms with van der Waals surface area (Å²) in [6.45, 7) is 10.5. The van der Waals surface area contributed by atoms with Crippen LogP contribution in [0.3, 0.4) is 0 Å². The van der Waals surface area contributed by atoms with Gasteiger partial charge in [-0.05, 0) is 38.0 Å². The van der Waals surface area contributed by atoms with E-state index >= 15 is 0 Å². The van der Waals surface area contributed by atoms with Gasteiger partial charge in [0.2, 0.25) is 0 Å². The maximum atomic E-state index is 13.0. The third-order valence-electron chi connectivity index (χ3n) is 6.49. The van der Waals surface area contributed by atoms with Crippen molar-refractivity contribution in [2.45, 2.75) is 117 Å².